The van der Waals surface area contributed by atoms with Gasteiger partial charge in [-0.1, -0.05) is 41.1 Å². The zero-order valence-corrected chi connectivity index (χ0v) is 11.3. The fourth-order valence-corrected chi connectivity index (χ4v) is 2.17. The van der Waals surface area contributed by atoms with E-state index in [9.17, 15) is 9.18 Å². The lowest BCUT2D eigenvalue weighted by molar-refractivity contribution is -0.136. The van der Waals surface area contributed by atoms with Crippen LogP contribution >= 0.6 is 0 Å². The molecule has 104 valence electrons. The topological polar surface area (TPSA) is 38.7 Å². The summed E-state index contributed by atoms with van der Waals surface area (Å²) < 4.78 is 13.2. The summed E-state index contributed by atoms with van der Waals surface area (Å²) in [5.41, 5.74) is 3.23. The van der Waals surface area contributed by atoms with Gasteiger partial charge in [-0.2, -0.15) is 0 Å². The summed E-state index contributed by atoms with van der Waals surface area (Å²) in [7, 11) is 0. The zero-order chi connectivity index (χ0) is 14.8. The molecular weight excluding hydrogens is 269 g/mol. The molecule has 0 amide bonds. The van der Waals surface area contributed by atoms with Crippen LogP contribution in [0.4, 0.5) is 4.39 Å². The van der Waals surface area contributed by atoms with Crippen molar-refractivity contribution in [1.82, 2.24) is 0 Å². The van der Waals surface area contributed by atoms with Gasteiger partial charge in [0.1, 0.15) is 11.5 Å². The first-order valence-electron chi connectivity index (χ1n) is 6.47. The van der Waals surface area contributed by atoms with Crippen molar-refractivity contribution < 1.29 is 14.0 Å². The standard InChI is InChI=1S/C17H12FNO2/c1-11-4-2-6-13(8-11)16-15(17(20)21-19-16)10-12-5-3-7-14(18)9-12/h2-10H,1H3/b15-10-. The number of carbonyl (C=O) groups is 1. The van der Waals surface area contributed by atoms with Gasteiger partial charge in [0.05, 0.1) is 5.57 Å². The first kappa shape index (κ1) is 13.2. The van der Waals surface area contributed by atoms with E-state index in [0.29, 0.717) is 16.8 Å². The molecule has 1 heterocycles. The normalized spacial score (nSPS) is 16.0. The highest BCUT2D eigenvalue weighted by Gasteiger charge is 2.26. The van der Waals surface area contributed by atoms with Gasteiger partial charge in [0.2, 0.25) is 0 Å². The summed E-state index contributed by atoms with van der Waals surface area (Å²) in [5.74, 6) is -0.888. The summed E-state index contributed by atoms with van der Waals surface area (Å²) in [6.07, 6.45) is 1.58. The van der Waals surface area contributed by atoms with Crippen LogP contribution in [-0.4, -0.2) is 11.7 Å². The van der Waals surface area contributed by atoms with Crippen LogP contribution < -0.4 is 0 Å². The average molecular weight is 281 g/mol. The Morgan fingerprint density at radius 2 is 1.95 bits per heavy atom. The van der Waals surface area contributed by atoms with E-state index in [0.717, 1.165) is 11.1 Å². The van der Waals surface area contributed by atoms with E-state index < -0.39 is 5.97 Å². The Labute approximate surface area is 121 Å². The molecule has 0 fully saturated rings. The SMILES string of the molecule is Cc1cccc(C2=NOC(=O)/C2=C\c2cccc(F)c2)c1. The smallest absolute Gasteiger partial charge is 0.312 e. The van der Waals surface area contributed by atoms with Crippen molar-refractivity contribution in [2.24, 2.45) is 5.16 Å². The van der Waals surface area contributed by atoms with Crippen LogP contribution in [0.5, 0.6) is 0 Å². The Bertz CT molecular complexity index is 778. The van der Waals surface area contributed by atoms with E-state index in [1.165, 1.54) is 12.1 Å². The van der Waals surface area contributed by atoms with Gasteiger partial charge in [-0.15, -0.1) is 0 Å². The van der Waals surface area contributed by atoms with Crippen LogP contribution in [0.3, 0.4) is 0 Å². The van der Waals surface area contributed by atoms with Crippen LogP contribution in [-0.2, 0) is 9.63 Å². The molecule has 1 aliphatic heterocycles. The highest BCUT2D eigenvalue weighted by atomic mass is 19.1. The predicted molar refractivity (Wildman–Crippen MR) is 78.2 cm³/mol. The second-order valence-corrected chi connectivity index (χ2v) is 4.80. The molecule has 0 radical (unpaired) electrons. The molecule has 2 aromatic rings. The van der Waals surface area contributed by atoms with Crippen molar-refractivity contribution in [3.8, 4) is 0 Å². The predicted octanol–water partition coefficient (Wildman–Crippen LogP) is 3.48. The number of hydrogen-bond donors (Lipinski definition) is 0. The fourth-order valence-electron chi connectivity index (χ4n) is 2.17. The van der Waals surface area contributed by atoms with Crippen LogP contribution in [0.15, 0.2) is 59.3 Å². The maximum atomic E-state index is 13.2. The molecule has 0 spiro atoms. The third kappa shape index (κ3) is 2.74. The fraction of sp³-hybridized carbons (Fsp3) is 0.0588. The van der Waals surface area contributed by atoms with E-state index >= 15 is 0 Å². The third-order valence-corrected chi connectivity index (χ3v) is 3.15. The summed E-state index contributed by atoms with van der Waals surface area (Å²) >= 11 is 0. The van der Waals surface area contributed by atoms with Crippen molar-refractivity contribution in [1.29, 1.82) is 0 Å². The molecule has 1 aliphatic rings. The van der Waals surface area contributed by atoms with Gasteiger partial charge in [-0.3, -0.25) is 0 Å². The van der Waals surface area contributed by atoms with Gasteiger partial charge < -0.3 is 4.84 Å². The molecule has 0 saturated heterocycles. The van der Waals surface area contributed by atoms with E-state index in [2.05, 4.69) is 5.16 Å². The molecule has 0 saturated carbocycles. The van der Waals surface area contributed by atoms with Gasteiger partial charge in [-0.05, 0) is 36.8 Å². The number of hydrogen-bond acceptors (Lipinski definition) is 3. The van der Waals surface area contributed by atoms with E-state index in [1.54, 1.807) is 18.2 Å². The van der Waals surface area contributed by atoms with E-state index in [4.69, 9.17) is 4.84 Å². The van der Waals surface area contributed by atoms with Crippen molar-refractivity contribution in [3.05, 3.63) is 76.6 Å². The van der Waals surface area contributed by atoms with Gasteiger partial charge in [0, 0.05) is 5.56 Å². The Kier molecular flexibility index (Phi) is 3.36. The molecule has 3 nitrogen and oxygen atoms in total. The van der Waals surface area contributed by atoms with Crippen LogP contribution in [0.2, 0.25) is 0 Å². The Morgan fingerprint density at radius 1 is 1.14 bits per heavy atom. The minimum absolute atomic E-state index is 0.325. The number of benzene rings is 2. The van der Waals surface area contributed by atoms with Crippen molar-refractivity contribution in [3.63, 3.8) is 0 Å². The minimum atomic E-state index is -0.532. The highest BCUT2D eigenvalue weighted by molar-refractivity contribution is 6.31. The van der Waals surface area contributed by atoms with Gasteiger partial charge >= 0.3 is 5.97 Å². The first-order valence-corrected chi connectivity index (χ1v) is 6.47. The summed E-state index contributed by atoms with van der Waals surface area (Å²) in [4.78, 5) is 16.6. The largest absolute Gasteiger partial charge is 0.368 e. The third-order valence-electron chi connectivity index (χ3n) is 3.15. The quantitative estimate of drug-likeness (QED) is 0.624. The lowest BCUT2D eigenvalue weighted by Crippen LogP contribution is -2.07. The molecule has 0 aromatic heterocycles. The number of halogens is 1. The molecular formula is C17H12FNO2. The number of nitrogens with zero attached hydrogens (tertiary/aromatic N) is 1. The Morgan fingerprint density at radius 3 is 2.71 bits per heavy atom. The maximum absolute atomic E-state index is 13.2. The molecule has 0 aliphatic carbocycles. The van der Waals surface area contributed by atoms with E-state index in [-0.39, 0.29) is 5.82 Å². The number of rotatable bonds is 2. The van der Waals surface area contributed by atoms with Crippen LogP contribution in [0.25, 0.3) is 6.08 Å². The summed E-state index contributed by atoms with van der Waals surface area (Å²) in [6.45, 7) is 1.96. The monoisotopic (exact) mass is 281 g/mol. The first-order chi connectivity index (χ1) is 10.1. The molecule has 0 unspecified atom stereocenters. The number of carbonyl (C=O) groups excluding carboxylic acids is 1. The van der Waals surface area contributed by atoms with Crippen molar-refractivity contribution in [2.75, 3.05) is 0 Å². The summed E-state index contributed by atoms with van der Waals surface area (Å²) in [5, 5.41) is 3.83. The van der Waals surface area contributed by atoms with Gasteiger partial charge in [-0.25, -0.2) is 9.18 Å². The zero-order valence-electron chi connectivity index (χ0n) is 11.3. The van der Waals surface area contributed by atoms with Gasteiger partial charge in [0.15, 0.2) is 0 Å². The van der Waals surface area contributed by atoms with Crippen LogP contribution in [0.1, 0.15) is 16.7 Å². The second kappa shape index (κ2) is 5.32. The molecule has 3 rings (SSSR count). The lowest BCUT2D eigenvalue weighted by atomic mass is 9.99. The molecule has 0 atom stereocenters. The summed E-state index contributed by atoms with van der Waals surface area (Å²) in [6, 6.07) is 13.6. The molecule has 0 N–H and O–H groups in total. The average Bonchev–Trinajstić information content (AvgIpc) is 2.80. The Hall–Kier alpha value is -2.75. The maximum Gasteiger partial charge on any atom is 0.368 e. The lowest BCUT2D eigenvalue weighted by Gasteiger charge is -2.02. The number of aryl methyl sites for hydroxylation is 1. The Balaban J connectivity index is 2.04. The van der Waals surface area contributed by atoms with Crippen molar-refractivity contribution >= 4 is 17.8 Å². The molecule has 2 aromatic carbocycles. The number of oxime groups is 1. The van der Waals surface area contributed by atoms with Crippen LogP contribution in [0, 0.1) is 12.7 Å². The van der Waals surface area contributed by atoms with E-state index in [1.807, 2.05) is 31.2 Å². The minimum Gasteiger partial charge on any atom is -0.312 e. The highest BCUT2D eigenvalue weighted by Crippen LogP contribution is 2.21. The molecule has 21 heavy (non-hydrogen) atoms. The van der Waals surface area contributed by atoms with Gasteiger partial charge in [0.25, 0.3) is 0 Å². The molecule has 0 bridgehead atoms. The van der Waals surface area contributed by atoms with Crippen molar-refractivity contribution in [2.45, 2.75) is 6.92 Å². The second-order valence-electron chi connectivity index (χ2n) is 4.80. The molecule has 4 heteroatoms.